The van der Waals surface area contributed by atoms with E-state index in [9.17, 15) is 13.5 Å². The molecule has 2 aromatic rings. The first-order chi connectivity index (χ1) is 9.83. The molecule has 2 rings (SSSR count). The van der Waals surface area contributed by atoms with Crippen LogP contribution in [0, 0.1) is 0 Å². The number of hydrogen-bond acceptors (Lipinski definition) is 4. The van der Waals surface area contributed by atoms with Gasteiger partial charge in [0.1, 0.15) is 11.9 Å². The van der Waals surface area contributed by atoms with Gasteiger partial charge in [-0.3, -0.25) is 0 Å². The van der Waals surface area contributed by atoms with E-state index in [4.69, 9.17) is 0 Å². The van der Waals surface area contributed by atoms with Crippen molar-refractivity contribution < 1.29 is 13.5 Å². The average Bonchev–Trinajstić information content (AvgIpc) is 2.78. The predicted octanol–water partition coefficient (Wildman–Crippen LogP) is 2.30. The van der Waals surface area contributed by atoms with E-state index in [0.29, 0.717) is 18.8 Å². The Hall–Kier alpha value is -1.40. The Morgan fingerprint density at radius 1 is 1.24 bits per heavy atom. The molecule has 0 amide bonds. The number of aromatic nitrogens is 2. The number of sulfone groups is 1. The summed E-state index contributed by atoms with van der Waals surface area (Å²) >= 11 is 0. The minimum absolute atomic E-state index is 0.149. The van der Waals surface area contributed by atoms with Gasteiger partial charge in [0.15, 0.2) is 9.84 Å². The molecule has 6 heteroatoms. The second kappa shape index (κ2) is 6.15. The smallest absolute Gasteiger partial charge is 0.152 e. The van der Waals surface area contributed by atoms with E-state index in [1.54, 1.807) is 20.8 Å². The van der Waals surface area contributed by atoms with Crippen LogP contribution in [-0.2, 0) is 16.4 Å². The Labute approximate surface area is 125 Å². The minimum Gasteiger partial charge on any atom is -0.385 e. The van der Waals surface area contributed by atoms with Gasteiger partial charge in [-0.2, -0.15) is 0 Å². The zero-order valence-corrected chi connectivity index (χ0v) is 13.5. The number of aliphatic hydroxyl groups excluding tert-OH is 1. The van der Waals surface area contributed by atoms with Crippen molar-refractivity contribution in [2.75, 3.05) is 5.75 Å². The molecule has 0 aliphatic rings. The summed E-state index contributed by atoms with van der Waals surface area (Å²) < 4.78 is 25.6. The molecule has 1 atom stereocenters. The normalized spacial score (nSPS) is 14.0. The van der Waals surface area contributed by atoms with E-state index in [-0.39, 0.29) is 11.0 Å². The van der Waals surface area contributed by atoms with Crippen molar-refractivity contribution in [3.63, 3.8) is 0 Å². The average molecular weight is 310 g/mol. The monoisotopic (exact) mass is 310 g/mol. The summed E-state index contributed by atoms with van der Waals surface area (Å²) in [4.78, 5) is 4.43. The molecular weight excluding hydrogens is 288 g/mol. The lowest BCUT2D eigenvalue weighted by Gasteiger charge is -2.12. The minimum atomic E-state index is -3.03. The number of aliphatic hydroxyl groups is 1. The largest absolute Gasteiger partial charge is 0.385 e. The first kappa shape index (κ1) is 16.0. The third kappa shape index (κ3) is 3.44. The predicted molar refractivity (Wildman–Crippen MR) is 83.9 cm³/mol. The Bertz CT molecular complexity index is 718. The molecule has 1 aromatic carbocycles. The van der Waals surface area contributed by atoms with Gasteiger partial charge in [0, 0.05) is 6.54 Å². The highest BCUT2D eigenvalue weighted by Gasteiger charge is 2.18. The second-order valence-corrected chi connectivity index (χ2v) is 8.23. The van der Waals surface area contributed by atoms with Gasteiger partial charge in [-0.25, -0.2) is 13.4 Å². The van der Waals surface area contributed by atoms with E-state index >= 15 is 0 Å². The van der Waals surface area contributed by atoms with Gasteiger partial charge in [-0.05, 0) is 39.3 Å². The molecule has 1 N–H and O–H groups in total. The molecule has 0 saturated carbocycles. The first-order valence-corrected chi connectivity index (χ1v) is 8.89. The van der Waals surface area contributed by atoms with Crippen LogP contribution >= 0.6 is 0 Å². The maximum absolute atomic E-state index is 11.9. The number of para-hydroxylation sites is 2. The molecule has 116 valence electrons. The number of fused-ring (bicyclic) bond motifs is 1. The zero-order valence-electron chi connectivity index (χ0n) is 12.7. The van der Waals surface area contributed by atoms with Crippen LogP contribution in [0.15, 0.2) is 24.3 Å². The van der Waals surface area contributed by atoms with Gasteiger partial charge in [0.25, 0.3) is 0 Å². The molecule has 5 nitrogen and oxygen atoms in total. The van der Waals surface area contributed by atoms with E-state index in [2.05, 4.69) is 4.98 Å². The number of hydrogen-bond donors (Lipinski definition) is 1. The van der Waals surface area contributed by atoms with E-state index in [1.165, 1.54) is 0 Å². The van der Waals surface area contributed by atoms with Gasteiger partial charge < -0.3 is 9.67 Å². The van der Waals surface area contributed by atoms with Gasteiger partial charge in [0.2, 0.25) is 0 Å². The summed E-state index contributed by atoms with van der Waals surface area (Å²) in [5, 5.41) is 9.50. The van der Waals surface area contributed by atoms with Crippen LogP contribution in [0.1, 0.15) is 39.1 Å². The van der Waals surface area contributed by atoms with Crippen LogP contribution in [0.5, 0.6) is 0 Å². The van der Waals surface area contributed by atoms with Crippen LogP contribution in [0.25, 0.3) is 11.0 Å². The Morgan fingerprint density at radius 3 is 2.52 bits per heavy atom. The molecule has 1 aromatic heterocycles. The van der Waals surface area contributed by atoms with Gasteiger partial charge >= 0.3 is 0 Å². The quantitative estimate of drug-likeness (QED) is 0.888. The summed E-state index contributed by atoms with van der Waals surface area (Å²) in [7, 11) is -3.03. The topological polar surface area (TPSA) is 72.2 Å². The van der Waals surface area contributed by atoms with Gasteiger partial charge in [-0.1, -0.05) is 12.1 Å². The maximum atomic E-state index is 11.9. The van der Waals surface area contributed by atoms with Crippen molar-refractivity contribution in [1.29, 1.82) is 0 Å². The molecule has 1 heterocycles. The molecular formula is C15H22N2O3S. The molecule has 0 aliphatic heterocycles. The lowest BCUT2D eigenvalue weighted by molar-refractivity contribution is 0.184. The highest BCUT2D eigenvalue weighted by atomic mass is 32.2. The van der Waals surface area contributed by atoms with Crippen LogP contribution < -0.4 is 0 Å². The summed E-state index contributed by atoms with van der Waals surface area (Å²) in [6.07, 6.45) is -0.167. The van der Waals surface area contributed by atoms with Crippen molar-refractivity contribution >= 4 is 20.9 Å². The van der Waals surface area contributed by atoms with E-state index in [1.807, 2.05) is 28.8 Å². The molecule has 0 aliphatic carbocycles. The Balaban J connectivity index is 2.23. The fraction of sp³-hybridized carbons (Fsp3) is 0.533. The number of rotatable bonds is 6. The number of imidazole rings is 1. The molecule has 0 spiro atoms. The van der Waals surface area contributed by atoms with Crippen molar-refractivity contribution in [2.24, 2.45) is 0 Å². The fourth-order valence-electron chi connectivity index (χ4n) is 2.31. The van der Waals surface area contributed by atoms with E-state index < -0.39 is 15.9 Å². The molecule has 0 fully saturated rings. The van der Waals surface area contributed by atoms with Crippen LogP contribution in [0.3, 0.4) is 0 Å². The van der Waals surface area contributed by atoms with Crippen LogP contribution in [0.2, 0.25) is 0 Å². The van der Waals surface area contributed by atoms with Gasteiger partial charge in [-0.15, -0.1) is 0 Å². The Kier molecular flexibility index (Phi) is 4.68. The second-order valence-electron chi connectivity index (χ2n) is 5.56. The zero-order chi connectivity index (χ0) is 15.6. The highest BCUT2D eigenvalue weighted by Crippen LogP contribution is 2.21. The maximum Gasteiger partial charge on any atom is 0.152 e. The third-order valence-corrected chi connectivity index (χ3v) is 5.88. The summed E-state index contributed by atoms with van der Waals surface area (Å²) in [5.74, 6) is 0.731. The standard InChI is InChI=1S/C15H22N2O3S/c1-11(2)21(19,20)10-6-9-17-14-8-5-4-7-13(14)16-15(17)12(3)18/h4-5,7-8,11-12,18H,6,9-10H2,1-3H3/t12-/m1/s1. The molecule has 0 saturated heterocycles. The molecule has 0 bridgehead atoms. The lowest BCUT2D eigenvalue weighted by atomic mass is 10.3. The number of benzene rings is 1. The third-order valence-electron chi connectivity index (χ3n) is 3.59. The van der Waals surface area contributed by atoms with Crippen molar-refractivity contribution in [3.8, 4) is 0 Å². The molecule has 0 unspecified atom stereocenters. The van der Waals surface area contributed by atoms with Crippen molar-refractivity contribution in [2.45, 2.75) is 45.1 Å². The van der Waals surface area contributed by atoms with Crippen LogP contribution in [-0.4, -0.2) is 34.1 Å². The molecule has 0 radical (unpaired) electrons. The first-order valence-electron chi connectivity index (χ1n) is 7.17. The fourth-order valence-corrected chi connectivity index (χ4v) is 3.31. The SMILES string of the molecule is CC(C)S(=O)(=O)CCCn1c([C@@H](C)O)nc2ccccc21. The number of aryl methyl sites for hydroxylation is 1. The Morgan fingerprint density at radius 2 is 1.90 bits per heavy atom. The summed E-state index contributed by atoms with van der Waals surface area (Å²) in [5.41, 5.74) is 1.75. The van der Waals surface area contributed by atoms with Gasteiger partial charge in [0.05, 0.1) is 22.0 Å². The van der Waals surface area contributed by atoms with Crippen LogP contribution in [0.4, 0.5) is 0 Å². The lowest BCUT2D eigenvalue weighted by Crippen LogP contribution is -2.19. The molecule has 21 heavy (non-hydrogen) atoms. The summed E-state index contributed by atoms with van der Waals surface area (Å²) in [6, 6.07) is 7.64. The number of nitrogens with zero attached hydrogens (tertiary/aromatic N) is 2. The van der Waals surface area contributed by atoms with Crippen molar-refractivity contribution in [1.82, 2.24) is 9.55 Å². The summed E-state index contributed by atoms with van der Waals surface area (Å²) in [6.45, 7) is 5.60. The van der Waals surface area contributed by atoms with E-state index in [0.717, 1.165) is 11.0 Å². The highest BCUT2D eigenvalue weighted by molar-refractivity contribution is 7.91. The van der Waals surface area contributed by atoms with Crippen molar-refractivity contribution in [3.05, 3.63) is 30.1 Å².